The normalized spacial score (nSPS) is 9.37. The van der Waals surface area contributed by atoms with Gasteiger partial charge in [0.2, 0.25) is 0 Å². The molecule has 0 saturated carbocycles. The zero-order valence-corrected chi connectivity index (χ0v) is 12.1. The fourth-order valence-electron chi connectivity index (χ4n) is 1.54. The second-order valence-corrected chi connectivity index (χ2v) is 4.19. The van der Waals surface area contributed by atoms with Crippen molar-refractivity contribution in [2.24, 2.45) is 0 Å². The molecule has 1 rings (SSSR count). The van der Waals surface area contributed by atoms with E-state index in [9.17, 15) is 4.79 Å². The van der Waals surface area contributed by atoms with Crippen molar-refractivity contribution in [2.45, 2.75) is 46.0 Å². The minimum Gasteiger partial charge on any atom is -0.352 e. The lowest BCUT2D eigenvalue weighted by atomic mass is 10.1. The number of nitrogens with one attached hydrogen (secondary N) is 1. The maximum absolute atomic E-state index is 11.7. The van der Waals surface area contributed by atoms with Crippen molar-refractivity contribution in [3.05, 3.63) is 36.9 Å². The molecule has 108 valence electrons. The second-order valence-electron chi connectivity index (χ2n) is 4.19. The van der Waals surface area contributed by atoms with Crippen LogP contribution in [-0.4, -0.2) is 22.4 Å². The van der Waals surface area contributed by atoms with Crippen LogP contribution in [0.3, 0.4) is 0 Å². The summed E-state index contributed by atoms with van der Waals surface area (Å²) in [5.41, 5.74) is 0.532. The number of amides is 1. The van der Waals surface area contributed by atoms with Crippen LogP contribution in [0.25, 0.3) is 0 Å². The Kier molecular flexibility index (Phi) is 10.4. The number of carbonyl (C=O) groups is 1. The summed E-state index contributed by atoms with van der Waals surface area (Å²) in [5.74, 6) is 0.599. The monoisotopic (exact) mass is 265 g/mol. The van der Waals surface area contributed by atoms with Crippen LogP contribution in [0.15, 0.2) is 25.6 Å². The summed E-state index contributed by atoms with van der Waals surface area (Å²) in [6, 6.07) is 0. The molecule has 0 saturated heterocycles. The molecule has 0 aromatic carbocycles. The van der Waals surface area contributed by atoms with E-state index in [-0.39, 0.29) is 7.33 Å². The van der Waals surface area contributed by atoms with Crippen LogP contribution in [0.5, 0.6) is 0 Å². The smallest absolute Gasteiger partial charge is 0.254 e. The van der Waals surface area contributed by atoms with E-state index in [0.29, 0.717) is 11.4 Å². The third-order valence-electron chi connectivity index (χ3n) is 2.61. The van der Waals surface area contributed by atoms with Crippen LogP contribution >= 0.6 is 0 Å². The maximum Gasteiger partial charge on any atom is 0.254 e. The van der Waals surface area contributed by atoms with Gasteiger partial charge in [-0.25, -0.2) is 9.97 Å². The first-order valence-corrected chi connectivity index (χ1v) is 6.81. The van der Waals surface area contributed by atoms with Gasteiger partial charge in [-0.05, 0) is 13.3 Å². The lowest BCUT2D eigenvalue weighted by Gasteiger charge is -2.04. The molecule has 0 aliphatic carbocycles. The fourth-order valence-corrected chi connectivity index (χ4v) is 1.54. The first-order valence-electron chi connectivity index (χ1n) is 6.81. The first kappa shape index (κ1) is 17.3. The fraction of sp³-hybridized carbons (Fsp3) is 0.533. The standard InChI is InChI=1S/C13H21N3O.C2H4.H2/c1-3-4-5-6-7-8-14-13(17)12-9-15-11(2)16-10-12;1-2;/h9-10H,3-8H2,1-2H3,(H,14,17);1-2H2;1H. The highest BCUT2D eigenvalue weighted by molar-refractivity contribution is 5.93. The van der Waals surface area contributed by atoms with Crippen LogP contribution in [0.1, 0.15) is 56.6 Å². The van der Waals surface area contributed by atoms with Crippen molar-refractivity contribution in [1.82, 2.24) is 15.3 Å². The Morgan fingerprint density at radius 1 is 1.21 bits per heavy atom. The van der Waals surface area contributed by atoms with Crippen LogP contribution in [0.2, 0.25) is 0 Å². The largest absolute Gasteiger partial charge is 0.352 e. The van der Waals surface area contributed by atoms with E-state index >= 15 is 0 Å². The number of aromatic nitrogens is 2. The van der Waals surface area contributed by atoms with E-state index in [2.05, 4.69) is 35.4 Å². The summed E-state index contributed by atoms with van der Waals surface area (Å²) in [6.45, 7) is 10.7. The summed E-state index contributed by atoms with van der Waals surface area (Å²) in [7, 11) is 0. The lowest BCUT2D eigenvalue weighted by Crippen LogP contribution is -2.24. The van der Waals surface area contributed by atoms with Gasteiger partial charge in [0.25, 0.3) is 5.91 Å². The predicted octanol–water partition coefficient (Wildman–Crippen LogP) is 3.53. The third-order valence-corrected chi connectivity index (χ3v) is 2.61. The number of hydrogen-bond donors (Lipinski definition) is 1. The average Bonchev–Trinajstić information content (AvgIpc) is 2.45. The van der Waals surface area contributed by atoms with Crippen LogP contribution in [0, 0.1) is 6.92 Å². The van der Waals surface area contributed by atoms with Crippen LogP contribution in [-0.2, 0) is 0 Å². The Morgan fingerprint density at radius 3 is 2.37 bits per heavy atom. The van der Waals surface area contributed by atoms with Crippen LogP contribution in [0.4, 0.5) is 0 Å². The Morgan fingerprint density at radius 2 is 1.79 bits per heavy atom. The quantitative estimate of drug-likeness (QED) is 0.606. The van der Waals surface area contributed by atoms with E-state index in [1.54, 1.807) is 19.3 Å². The van der Waals surface area contributed by atoms with Crippen molar-refractivity contribution < 1.29 is 6.22 Å². The Labute approximate surface area is 117 Å². The van der Waals surface area contributed by atoms with Crippen molar-refractivity contribution in [3.8, 4) is 0 Å². The van der Waals surface area contributed by atoms with Gasteiger partial charge in [-0.15, -0.1) is 13.2 Å². The molecular weight excluding hydrogens is 238 g/mol. The molecule has 1 aromatic heterocycles. The number of carbonyl (C=O) groups excluding carboxylic acids is 1. The molecule has 19 heavy (non-hydrogen) atoms. The molecule has 0 radical (unpaired) electrons. The molecule has 1 aromatic rings. The zero-order valence-electron chi connectivity index (χ0n) is 12.1. The zero-order chi connectivity index (χ0) is 14.5. The molecule has 0 unspecified atom stereocenters. The predicted molar refractivity (Wildman–Crippen MR) is 81.2 cm³/mol. The number of aryl methyl sites for hydroxylation is 1. The van der Waals surface area contributed by atoms with Gasteiger partial charge in [-0.1, -0.05) is 32.6 Å². The van der Waals surface area contributed by atoms with Gasteiger partial charge in [0, 0.05) is 20.4 Å². The molecule has 0 spiro atoms. The van der Waals surface area contributed by atoms with Gasteiger partial charge in [-0.3, -0.25) is 4.79 Å². The van der Waals surface area contributed by atoms with E-state index < -0.39 is 0 Å². The third kappa shape index (κ3) is 8.08. The summed E-state index contributed by atoms with van der Waals surface area (Å²) < 4.78 is 0. The van der Waals surface area contributed by atoms with E-state index in [1.807, 2.05) is 0 Å². The topological polar surface area (TPSA) is 54.9 Å². The van der Waals surface area contributed by atoms with Crippen LogP contribution < -0.4 is 5.32 Å². The Balaban J connectivity index is 0. The minimum absolute atomic E-state index is 0. The van der Waals surface area contributed by atoms with E-state index in [4.69, 9.17) is 0 Å². The second kappa shape index (κ2) is 11.4. The number of nitrogens with zero attached hydrogens (tertiary/aromatic N) is 2. The van der Waals surface area contributed by atoms with Gasteiger partial charge in [-0.2, -0.15) is 0 Å². The Bertz CT molecular complexity index is 355. The molecule has 1 N–H and O–H groups in total. The van der Waals surface area contributed by atoms with Gasteiger partial charge < -0.3 is 5.32 Å². The SMILES string of the molecule is C=C.CCCCCCCNC(=O)c1cnc(C)nc1.[HH]. The Hall–Kier alpha value is -1.71. The molecule has 0 atom stereocenters. The van der Waals surface area contributed by atoms with Gasteiger partial charge in [0.15, 0.2) is 0 Å². The number of hydrogen-bond acceptors (Lipinski definition) is 3. The van der Waals surface area contributed by atoms with Crippen molar-refractivity contribution >= 4 is 5.91 Å². The minimum atomic E-state index is -0.0829. The molecule has 4 heteroatoms. The molecule has 0 aliphatic heterocycles. The van der Waals surface area contributed by atoms with Gasteiger partial charge in [0.1, 0.15) is 5.82 Å². The molecule has 0 fully saturated rings. The van der Waals surface area contributed by atoms with Crippen molar-refractivity contribution in [1.29, 1.82) is 0 Å². The lowest BCUT2D eigenvalue weighted by molar-refractivity contribution is 0.0952. The molecule has 0 aliphatic rings. The highest BCUT2D eigenvalue weighted by Crippen LogP contribution is 2.01. The van der Waals surface area contributed by atoms with Gasteiger partial charge >= 0.3 is 0 Å². The first-order chi connectivity index (χ1) is 9.24. The highest BCUT2D eigenvalue weighted by Gasteiger charge is 2.04. The molecule has 1 heterocycles. The number of rotatable bonds is 7. The van der Waals surface area contributed by atoms with Crippen molar-refractivity contribution in [2.75, 3.05) is 6.54 Å². The van der Waals surface area contributed by atoms with E-state index in [0.717, 1.165) is 13.0 Å². The average molecular weight is 265 g/mol. The highest BCUT2D eigenvalue weighted by atomic mass is 16.1. The summed E-state index contributed by atoms with van der Waals surface area (Å²) in [6.07, 6.45) is 9.12. The molecular formula is C15H27N3O. The molecule has 1 amide bonds. The van der Waals surface area contributed by atoms with Gasteiger partial charge in [0.05, 0.1) is 5.56 Å². The summed E-state index contributed by atoms with van der Waals surface area (Å²) in [4.78, 5) is 19.6. The number of unbranched alkanes of at least 4 members (excludes halogenated alkanes) is 4. The molecule has 0 bridgehead atoms. The molecule has 4 nitrogen and oxygen atoms in total. The maximum atomic E-state index is 11.7. The van der Waals surface area contributed by atoms with Crippen molar-refractivity contribution in [3.63, 3.8) is 0 Å². The summed E-state index contributed by atoms with van der Waals surface area (Å²) >= 11 is 0. The summed E-state index contributed by atoms with van der Waals surface area (Å²) in [5, 5.41) is 2.88. The van der Waals surface area contributed by atoms with E-state index in [1.165, 1.54) is 25.7 Å².